The largest absolute Gasteiger partial charge is 0.365 e. The summed E-state index contributed by atoms with van der Waals surface area (Å²) in [6.07, 6.45) is 4.31. The van der Waals surface area contributed by atoms with Crippen molar-refractivity contribution in [2.45, 2.75) is 39.5 Å². The number of rotatable bonds is 7. The van der Waals surface area contributed by atoms with E-state index in [4.69, 9.17) is 5.73 Å². The molecule has 0 bridgehead atoms. The molecule has 1 aromatic carbocycles. The van der Waals surface area contributed by atoms with E-state index >= 15 is 0 Å². The van der Waals surface area contributed by atoms with Gasteiger partial charge >= 0.3 is 0 Å². The van der Waals surface area contributed by atoms with Crippen molar-refractivity contribution in [1.29, 1.82) is 0 Å². The monoisotopic (exact) mass is 356 g/mol. The minimum absolute atomic E-state index is 0.0155. The van der Waals surface area contributed by atoms with Gasteiger partial charge in [-0.15, -0.1) is 11.3 Å². The molecule has 1 saturated carbocycles. The maximum absolute atomic E-state index is 12.2. The molecule has 132 valence electrons. The molecule has 1 fully saturated rings. The standard InChI is InChI=1S/C20H24N2O2S/c1-3-4-5-13-6-8-14(9-7-13)16-11-25-20(17(16)18(21)23)22-19(24)15-10-12(15)2/h6-9,11-12,15H,3-5,10H2,1-2H3,(H2,21,23)(H,22,24)/t12-,15+/m0/s1. The number of carbonyl (C=O) groups excluding carboxylic acids is 2. The second-order valence-electron chi connectivity index (χ2n) is 6.83. The van der Waals surface area contributed by atoms with Gasteiger partial charge in [0.15, 0.2) is 0 Å². The third-order valence-electron chi connectivity index (χ3n) is 4.80. The number of aryl methyl sites for hydroxylation is 1. The molecule has 3 rings (SSSR count). The van der Waals surface area contributed by atoms with Gasteiger partial charge in [0.1, 0.15) is 5.00 Å². The van der Waals surface area contributed by atoms with Gasteiger partial charge in [0, 0.05) is 16.9 Å². The van der Waals surface area contributed by atoms with Crippen molar-refractivity contribution in [1.82, 2.24) is 0 Å². The highest BCUT2D eigenvalue weighted by molar-refractivity contribution is 7.15. The molecule has 3 N–H and O–H groups in total. The van der Waals surface area contributed by atoms with Crippen LogP contribution in [-0.2, 0) is 11.2 Å². The summed E-state index contributed by atoms with van der Waals surface area (Å²) < 4.78 is 0. The van der Waals surface area contributed by atoms with Gasteiger partial charge in [0.05, 0.1) is 5.56 Å². The number of nitrogens with two attached hydrogens (primary N) is 1. The predicted molar refractivity (Wildman–Crippen MR) is 103 cm³/mol. The molecule has 0 radical (unpaired) electrons. The highest BCUT2D eigenvalue weighted by Crippen LogP contribution is 2.40. The van der Waals surface area contributed by atoms with E-state index < -0.39 is 5.91 Å². The average Bonchev–Trinajstić information content (AvgIpc) is 3.18. The van der Waals surface area contributed by atoms with E-state index in [1.165, 1.54) is 29.7 Å². The quantitative estimate of drug-likeness (QED) is 0.769. The molecule has 0 saturated heterocycles. The van der Waals surface area contributed by atoms with Crippen LogP contribution in [0.25, 0.3) is 11.1 Å². The van der Waals surface area contributed by atoms with Gasteiger partial charge in [0.2, 0.25) is 5.91 Å². The Labute approximate surface area is 152 Å². The number of hydrogen-bond donors (Lipinski definition) is 2. The Balaban J connectivity index is 1.83. The van der Waals surface area contributed by atoms with E-state index in [1.54, 1.807) is 0 Å². The molecule has 5 heteroatoms. The zero-order valence-electron chi connectivity index (χ0n) is 14.7. The van der Waals surface area contributed by atoms with E-state index in [1.807, 2.05) is 17.5 Å². The van der Waals surface area contributed by atoms with Gasteiger partial charge < -0.3 is 11.1 Å². The maximum atomic E-state index is 12.2. The first-order chi connectivity index (χ1) is 12.0. The van der Waals surface area contributed by atoms with Crippen LogP contribution in [0.3, 0.4) is 0 Å². The van der Waals surface area contributed by atoms with Crippen molar-refractivity contribution in [3.8, 4) is 11.1 Å². The van der Waals surface area contributed by atoms with Crippen LogP contribution in [0.2, 0.25) is 0 Å². The summed E-state index contributed by atoms with van der Waals surface area (Å²) in [6.45, 7) is 4.23. The number of hydrogen-bond acceptors (Lipinski definition) is 3. The molecule has 1 aliphatic carbocycles. The molecule has 4 nitrogen and oxygen atoms in total. The predicted octanol–water partition coefficient (Wildman–Crippen LogP) is 4.45. The van der Waals surface area contributed by atoms with E-state index in [-0.39, 0.29) is 11.8 Å². The third-order valence-corrected chi connectivity index (χ3v) is 5.70. The molecule has 0 spiro atoms. The number of thiophene rings is 1. The Morgan fingerprint density at radius 1 is 1.28 bits per heavy atom. The first-order valence-electron chi connectivity index (χ1n) is 8.82. The van der Waals surface area contributed by atoms with E-state index in [0.29, 0.717) is 16.5 Å². The van der Waals surface area contributed by atoms with Crippen LogP contribution in [0.1, 0.15) is 49.0 Å². The van der Waals surface area contributed by atoms with E-state index in [2.05, 4.69) is 31.3 Å². The second-order valence-corrected chi connectivity index (χ2v) is 7.71. The number of nitrogens with one attached hydrogen (secondary N) is 1. The maximum Gasteiger partial charge on any atom is 0.252 e. The fourth-order valence-electron chi connectivity index (χ4n) is 3.03. The summed E-state index contributed by atoms with van der Waals surface area (Å²) in [5.74, 6) is -0.0416. The van der Waals surface area contributed by atoms with Crippen molar-refractivity contribution in [2.24, 2.45) is 17.6 Å². The Hall–Kier alpha value is -2.14. The number of unbranched alkanes of at least 4 members (excludes halogenated alkanes) is 1. The number of carbonyl (C=O) groups is 2. The van der Waals surface area contributed by atoms with Crippen molar-refractivity contribution in [3.05, 3.63) is 40.8 Å². The van der Waals surface area contributed by atoms with Crippen molar-refractivity contribution >= 4 is 28.2 Å². The highest BCUT2D eigenvalue weighted by atomic mass is 32.1. The van der Waals surface area contributed by atoms with Crippen LogP contribution in [0, 0.1) is 11.8 Å². The lowest BCUT2D eigenvalue weighted by molar-refractivity contribution is -0.117. The van der Waals surface area contributed by atoms with Crippen molar-refractivity contribution < 1.29 is 9.59 Å². The topological polar surface area (TPSA) is 72.2 Å². The molecule has 2 amide bonds. The summed E-state index contributed by atoms with van der Waals surface area (Å²) in [7, 11) is 0. The molecule has 0 unspecified atom stereocenters. The highest BCUT2D eigenvalue weighted by Gasteiger charge is 2.39. The Morgan fingerprint density at radius 2 is 1.96 bits per heavy atom. The minimum atomic E-state index is -0.509. The zero-order valence-corrected chi connectivity index (χ0v) is 15.5. The fraction of sp³-hybridized carbons (Fsp3) is 0.400. The van der Waals surface area contributed by atoms with Crippen molar-refractivity contribution in [3.63, 3.8) is 0 Å². The average molecular weight is 356 g/mol. The second kappa shape index (κ2) is 7.40. The number of amides is 2. The molecule has 1 aliphatic rings. The summed E-state index contributed by atoms with van der Waals surface area (Å²) in [4.78, 5) is 24.2. The SMILES string of the molecule is CCCCc1ccc(-c2csc(NC(=O)[C@@H]3C[C@@H]3C)c2C(N)=O)cc1. The molecular weight excluding hydrogens is 332 g/mol. The normalized spacial score (nSPS) is 18.8. The van der Waals surface area contributed by atoms with Crippen LogP contribution >= 0.6 is 11.3 Å². The van der Waals surface area contributed by atoms with Crippen LogP contribution in [0.15, 0.2) is 29.6 Å². The van der Waals surface area contributed by atoms with E-state index in [9.17, 15) is 9.59 Å². The smallest absolute Gasteiger partial charge is 0.252 e. The summed E-state index contributed by atoms with van der Waals surface area (Å²) in [5, 5.41) is 5.35. The van der Waals surface area contributed by atoms with Gasteiger partial charge in [-0.1, -0.05) is 44.5 Å². The van der Waals surface area contributed by atoms with Gasteiger partial charge in [-0.3, -0.25) is 9.59 Å². The Bertz CT molecular complexity index is 779. The molecule has 1 heterocycles. The van der Waals surface area contributed by atoms with Gasteiger partial charge in [-0.2, -0.15) is 0 Å². The molecular formula is C20H24N2O2S. The van der Waals surface area contributed by atoms with Gasteiger partial charge in [-0.05, 0) is 36.3 Å². The van der Waals surface area contributed by atoms with E-state index in [0.717, 1.165) is 24.0 Å². The van der Waals surface area contributed by atoms with Crippen LogP contribution < -0.4 is 11.1 Å². The van der Waals surface area contributed by atoms with Crippen LogP contribution in [0.5, 0.6) is 0 Å². The first-order valence-corrected chi connectivity index (χ1v) is 9.70. The summed E-state index contributed by atoms with van der Waals surface area (Å²) in [5.41, 5.74) is 9.04. The lowest BCUT2D eigenvalue weighted by Gasteiger charge is -2.07. The Morgan fingerprint density at radius 3 is 2.52 bits per heavy atom. The summed E-state index contributed by atoms with van der Waals surface area (Å²) in [6, 6.07) is 8.23. The van der Waals surface area contributed by atoms with Crippen molar-refractivity contribution in [2.75, 3.05) is 5.32 Å². The van der Waals surface area contributed by atoms with Gasteiger partial charge in [-0.25, -0.2) is 0 Å². The lowest BCUT2D eigenvalue weighted by Crippen LogP contribution is -2.18. The Kier molecular flexibility index (Phi) is 5.23. The van der Waals surface area contributed by atoms with Crippen LogP contribution in [0.4, 0.5) is 5.00 Å². The fourth-order valence-corrected chi connectivity index (χ4v) is 4.01. The number of benzene rings is 1. The lowest BCUT2D eigenvalue weighted by atomic mass is 10.0. The number of anilines is 1. The summed E-state index contributed by atoms with van der Waals surface area (Å²) >= 11 is 1.36. The van der Waals surface area contributed by atoms with Crippen LogP contribution in [-0.4, -0.2) is 11.8 Å². The third kappa shape index (κ3) is 3.93. The molecule has 1 aromatic heterocycles. The minimum Gasteiger partial charge on any atom is -0.365 e. The molecule has 25 heavy (non-hydrogen) atoms. The zero-order chi connectivity index (χ0) is 18.0. The molecule has 2 atom stereocenters. The molecule has 0 aliphatic heterocycles. The first kappa shape index (κ1) is 17.7. The van der Waals surface area contributed by atoms with Gasteiger partial charge in [0.25, 0.3) is 5.91 Å². The number of primary amides is 1. The molecule has 2 aromatic rings.